The van der Waals surface area contributed by atoms with E-state index in [4.69, 9.17) is 9.47 Å². The second-order valence-corrected chi connectivity index (χ2v) is 8.19. The summed E-state index contributed by atoms with van der Waals surface area (Å²) in [5.74, 6) is 0.628. The largest absolute Gasteiger partial charge is 0.497 e. The minimum atomic E-state index is -0.453. The van der Waals surface area contributed by atoms with Gasteiger partial charge < -0.3 is 19.7 Å². The molecule has 1 atom stereocenters. The van der Waals surface area contributed by atoms with Crippen LogP contribution in [0, 0.1) is 12.8 Å². The van der Waals surface area contributed by atoms with E-state index in [2.05, 4.69) is 10.3 Å². The van der Waals surface area contributed by atoms with E-state index in [1.807, 2.05) is 54.8 Å². The van der Waals surface area contributed by atoms with Crippen LogP contribution in [0.4, 0.5) is 10.8 Å². The van der Waals surface area contributed by atoms with E-state index in [1.165, 1.54) is 11.3 Å². The highest BCUT2D eigenvalue weighted by molar-refractivity contribution is 7.14. The zero-order chi connectivity index (χ0) is 22.0. The lowest BCUT2D eigenvalue weighted by atomic mass is 10.1. The van der Waals surface area contributed by atoms with Crippen molar-refractivity contribution in [2.45, 2.75) is 13.3 Å². The number of ether oxygens (including phenoxy) is 2. The van der Waals surface area contributed by atoms with Gasteiger partial charge in [0.25, 0.3) is 0 Å². The number of amides is 2. The van der Waals surface area contributed by atoms with Gasteiger partial charge in [-0.2, -0.15) is 0 Å². The van der Waals surface area contributed by atoms with Gasteiger partial charge >= 0.3 is 0 Å². The highest BCUT2D eigenvalue weighted by Crippen LogP contribution is 2.34. The molecule has 0 aliphatic carbocycles. The molecule has 1 aliphatic rings. The average molecular weight is 438 g/mol. The monoisotopic (exact) mass is 437 g/mol. The Kier molecular flexibility index (Phi) is 5.90. The number of aryl methyl sites for hydroxylation is 1. The molecule has 3 aromatic rings. The zero-order valence-electron chi connectivity index (χ0n) is 17.5. The average Bonchev–Trinajstić information content (AvgIpc) is 3.40. The first-order valence-electron chi connectivity index (χ1n) is 9.84. The van der Waals surface area contributed by atoms with E-state index in [0.29, 0.717) is 23.1 Å². The molecule has 2 heterocycles. The Balaban J connectivity index is 1.45. The van der Waals surface area contributed by atoms with Crippen LogP contribution in [-0.2, 0) is 9.59 Å². The predicted molar refractivity (Wildman–Crippen MR) is 121 cm³/mol. The molecule has 1 aliphatic heterocycles. The number of aromatic nitrogens is 1. The predicted octanol–water partition coefficient (Wildman–Crippen LogP) is 4.13. The summed E-state index contributed by atoms with van der Waals surface area (Å²) in [6.07, 6.45) is 0.152. The molecule has 0 bridgehead atoms. The minimum absolute atomic E-state index is 0.0953. The molecular weight excluding hydrogens is 414 g/mol. The van der Waals surface area contributed by atoms with Crippen LogP contribution in [0.1, 0.15) is 12.0 Å². The van der Waals surface area contributed by atoms with Crippen LogP contribution < -0.4 is 19.7 Å². The zero-order valence-corrected chi connectivity index (χ0v) is 18.4. The fourth-order valence-electron chi connectivity index (χ4n) is 3.56. The number of nitrogens with zero attached hydrogens (tertiary/aromatic N) is 2. The Morgan fingerprint density at radius 3 is 2.65 bits per heavy atom. The van der Waals surface area contributed by atoms with E-state index in [0.717, 1.165) is 22.6 Å². The number of thiazole rings is 1. The van der Waals surface area contributed by atoms with Crippen LogP contribution in [0.3, 0.4) is 0 Å². The molecule has 1 unspecified atom stereocenters. The highest BCUT2D eigenvalue weighted by atomic mass is 32.1. The number of carbonyl (C=O) groups is 2. The smallest absolute Gasteiger partial charge is 0.231 e. The third kappa shape index (κ3) is 4.39. The van der Waals surface area contributed by atoms with E-state index >= 15 is 0 Å². The van der Waals surface area contributed by atoms with Crippen LogP contribution >= 0.6 is 11.3 Å². The second-order valence-electron chi connectivity index (χ2n) is 7.34. The standard InChI is InChI=1S/C23H23N3O4S/c1-14-4-9-20(30-3)19(10-14)26-12-16(11-21(26)27)22(28)25-23-24-18(13-31-23)15-5-7-17(29-2)8-6-15/h4-10,13,16H,11-12H2,1-3H3,(H,24,25,28). The van der Waals surface area contributed by atoms with Crippen molar-refractivity contribution in [3.63, 3.8) is 0 Å². The topological polar surface area (TPSA) is 80.8 Å². The molecule has 0 saturated carbocycles. The number of rotatable bonds is 6. The third-order valence-electron chi connectivity index (χ3n) is 5.24. The summed E-state index contributed by atoms with van der Waals surface area (Å²) in [5.41, 5.74) is 3.42. The van der Waals surface area contributed by atoms with Crippen LogP contribution in [-0.4, -0.2) is 37.6 Å². The number of nitrogens with one attached hydrogen (secondary N) is 1. The molecule has 2 amide bonds. The van der Waals surface area contributed by atoms with E-state index in [1.54, 1.807) is 19.1 Å². The normalized spacial score (nSPS) is 15.8. The van der Waals surface area contributed by atoms with Gasteiger partial charge in [0.2, 0.25) is 11.8 Å². The van der Waals surface area contributed by atoms with Crippen molar-refractivity contribution in [3.05, 3.63) is 53.4 Å². The molecule has 1 saturated heterocycles. The fraction of sp³-hybridized carbons (Fsp3) is 0.261. The summed E-state index contributed by atoms with van der Waals surface area (Å²) in [5, 5.41) is 5.26. The molecular formula is C23H23N3O4S. The van der Waals surface area contributed by atoms with Crippen molar-refractivity contribution in [3.8, 4) is 22.8 Å². The van der Waals surface area contributed by atoms with Gasteiger partial charge in [-0.3, -0.25) is 9.59 Å². The molecule has 1 N–H and O–H groups in total. The Morgan fingerprint density at radius 2 is 1.94 bits per heavy atom. The molecule has 0 radical (unpaired) electrons. The van der Waals surface area contributed by atoms with Crippen molar-refractivity contribution >= 4 is 34.0 Å². The summed E-state index contributed by atoms with van der Waals surface area (Å²) in [7, 11) is 3.19. The summed E-state index contributed by atoms with van der Waals surface area (Å²) in [4.78, 5) is 31.6. The van der Waals surface area contributed by atoms with Gasteiger partial charge in [-0.1, -0.05) is 6.07 Å². The van der Waals surface area contributed by atoms with Crippen LogP contribution in [0.5, 0.6) is 11.5 Å². The van der Waals surface area contributed by atoms with Crippen LogP contribution in [0.15, 0.2) is 47.8 Å². The van der Waals surface area contributed by atoms with Gasteiger partial charge in [0, 0.05) is 23.9 Å². The molecule has 1 fully saturated rings. The van der Waals surface area contributed by atoms with Crippen molar-refractivity contribution < 1.29 is 19.1 Å². The first-order valence-corrected chi connectivity index (χ1v) is 10.7. The summed E-state index contributed by atoms with van der Waals surface area (Å²) >= 11 is 1.35. The maximum atomic E-state index is 12.8. The molecule has 8 heteroatoms. The van der Waals surface area contributed by atoms with Gasteiger partial charge in [-0.25, -0.2) is 4.98 Å². The van der Waals surface area contributed by atoms with Crippen molar-refractivity contribution in [1.29, 1.82) is 0 Å². The highest BCUT2D eigenvalue weighted by Gasteiger charge is 2.36. The fourth-order valence-corrected chi connectivity index (χ4v) is 4.28. The summed E-state index contributed by atoms with van der Waals surface area (Å²) in [6, 6.07) is 13.2. The number of hydrogen-bond acceptors (Lipinski definition) is 6. The number of anilines is 2. The molecule has 31 heavy (non-hydrogen) atoms. The summed E-state index contributed by atoms with van der Waals surface area (Å²) in [6.45, 7) is 2.26. The van der Waals surface area contributed by atoms with Crippen LogP contribution in [0.2, 0.25) is 0 Å². The number of carbonyl (C=O) groups excluding carboxylic acids is 2. The Morgan fingerprint density at radius 1 is 1.16 bits per heavy atom. The molecule has 4 rings (SSSR count). The van der Waals surface area contributed by atoms with Gasteiger partial charge in [-0.05, 0) is 48.9 Å². The lowest BCUT2D eigenvalue weighted by molar-refractivity contribution is -0.122. The van der Waals surface area contributed by atoms with Crippen molar-refractivity contribution in [2.24, 2.45) is 5.92 Å². The Hall–Kier alpha value is -3.39. The molecule has 0 spiro atoms. The lowest BCUT2D eigenvalue weighted by Gasteiger charge is -2.20. The quantitative estimate of drug-likeness (QED) is 0.627. The van der Waals surface area contributed by atoms with Crippen LogP contribution in [0.25, 0.3) is 11.3 Å². The molecule has 2 aromatic carbocycles. The maximum Gasteiger partial charge on any atom is 0.231 e. The first-order chi connectivity index (χ1) is 15.0. The van der Waals surface area contributed by atoms with E-state index in [9.17, 15) is 9.59 Å². The first kappa shape index (κ1) is 20.9. The third-order valence-corrected chi connectivity index (χ3v) is 6.00. The Bertz CT molecular complexity index is 1110. The maximum absolute atomic E-state index is 12.8. The van der Waals surface area contributed by atoms with E-state index in [-0.39, 0.29) is 18.2 Å². The molecule has 160 valence electrons. The van der Waals surface area contributed by atoms with Gasteiger partial charge in [-0.15, -0.1) is 11.3 Å². The van der Waals surface area contributed by atoms with Gasteiger partial charge in [0.15, 0.2) is 5.13 Å². The van der Waals surface area contributed by atoms with Gasteiger partial charge in [0.1, 0.15) is 11.5 Å². The number of methoxy groups -OCH3 is 2. The number of hydrogen-bond donors (Lipinski definition) is 1. The van der Waals surface area contributed by atoms with E-state index < -0.39 is 5.92 Å². The molecule has 1 aromatic heterocycles. The minimum Gasteiger partial charge on any atom is -0.497 e. The SMILES string of the molecule is COc1ccc(-c2csc(NC(=O)C3CC(=O)N(c4cc(C)ccc4OC)C3)n2)cc1. The van der Waals surface area contributed by atoms with Crippen molar-refractivity contribution in [1.82, 2.24) is 4.98 Å². The lowest BCUT2D eigenvalue weighted by Crippen LogP contribution is -2.28. The number of benzene rings is 2. The Labute approximate surface area is 184 Å². The van der Waals surface area contributed by atoms with Crippen molar-refractivity contribution in [2.75, 3.05) is 31.0 Å². The van der Waals surface area contributed by atoms with Gasteiger partial charge in [0.05, 0.1) is 31.5 Å². The summed E-state index contributed by atoms with van der Waals surface area (Å²) < 4.78 is 10.6. The molecule has 7 nitrogen and oxygen atoms in total. The second kappa shape index (κ2) is 8.77.